The lowest BCUT2D eigenvalue weighted by atomic mass is 9.76. The number of halogens is 6. The summed E-state index contributed by atoms with van der Waals surface area (Å²) in [4.78, 5) is 21.6. The Labute approximate surface area is 147 Å². The van der Waals surface area contributed by atoms with E-state index in [0.29, 0.717) is 12.1 Å². The summed E-state index contributed by atoms with van der Waals surface area (Å²) in [6.07, 6.45) is 0. The second kappa shape index (κ2) is 6.60. The number of aromatic carboxylic acids is 2. The Hall–Kier alpha value is -3.04. The molecule has 0 unspecified atom stereocenters. The van der Waals surface area contributed by atoms with Crippen molar-refractivity contribution in [3.63, 3.8) is 0 Å². The molecule has 0 aromatic heterocycles. The van der Waals surface area contributed by atoms with E-state index in [1.165, 1.54) is 0 Å². The van der Waals surface area contributed by atoms with Gasteiger partial charge in [0.15, 0.2) is 34.9 Å². The molecular formula is C17H10F6O4. The summed E-state index contributed by atoms with van der Waals surface area (Å²) in [7, 11) is 0. The largest absolute Gasteiger partial charge is 0.478 e. The van der Waals surface area contributed by atoms with Crippen LogP contribution in [0.15, 0.2) is 12.1 Å². The molecule has 0 bridgehead atoms. The maximum atomic E-state index is 14.3. The summed E-state index contributed by atoms with van der Waals surface area (Å²) in [5, 5.41) is 17.5. The molecule has 0 radical (unpaired) electrons. The monoisotopic (exact) mass is 392 g/mol. The van der Waals surface area contributed by atoms with Crippen LogP contribution in [0.5, 0.6) is 0 Å². The van der Waals surface area contributed by atoms with Gasteiger partial charge >= 0.3 is 11.9 Å². The minimum atomic E-state index is -2.27. The van der Waals surface area contributed by atoms with Crippen molar-refractivity contribution in [3.8, 4) is 0 Å². The Bertz CT molecular complexity index is 955. The topological polar surface area (TPSA) is 74.6 Å². The Morgan fingerprint density at radius 3 is 1.63 bits per heavy atom. The van der Waals surface area contributed by atoms with Crippen LogP contribution in [0.2, 0.25) is 0 Å². The molecule has 2 aromatic carbocycles. The van der Waals surface area contributed by atoms with Crippen molar-refractivity contribution in [2.75, 3.05) is 0 Å². The van der Waals surface area contributed by atoms with Gasteiger partial charge in [-0.15, -0.1) is 0 Å². The highest BCUT2D eigenvalue weighted by Gasteiger charge is 2.39. The van der Waals surface area contributed by atoms with Crippen molar-refractivity contribution in [3.05, 3.63) is 69.3 Å². The normalized spacial score (nSPS) is 11.6. The molecular weight excluding hydrogens is 382 g/mol. The second-order valence-corrected chi connectivity index (χ2v) is 6.03. The average Bonchev–Trinajstić information content (AvgIpc) is 2.54. The van der Waals surface area contributed by atoms with Crippen LogP contribution in [0.1, 0.15) is 45.7 Å². The molecule has 0 fully saturated rings. The van der Waals surface area contributed by atoms with E-state index in [2.05, 4.69) is 0 Å². The van der Waals surface area contributed by atoms with E-state index >= 15 is 0 Å². The Morgan fingerprint density at radius 1 is 0.741 bits per heavy atom. The molecule has 0 aliphatic heterocycles. The number of hydrogen-bond acceptors (Lipinski definition) is 2. The maximum absolute atomic E-state index is 14.3. The molecule has 0 aliphatic rings. The number of carbonyl (C=O) groups is 2. The van der Waals surface area contributed by atoms with Crippen molar-refractivity contribution in [1.29, 1.82) is 0 Å². The summed E-state index contributed by atoms with van der Waals surface area (Å²) in [6, 6.07) is 1.31. The van der Waals surface area contributed by atoms with Gasteiger partial charge in [0, 0.05) is 16.5 Å². The smallest absolute Gasteiger partial charge is 0.341 e. The minimum absolute atomic E-state index is 0.617. The van der Waals surface area contributed by atoms with Crippen LogP contribution in [-0.4, -0.2) is 22.2 Å². The predicted octanol–water partition coefficient (Wildman–Crippen LogP) is 4.24. The lowest BCUT2D eigenvalue weighted by Crippen LogP contribution is -2.28. The second-order valence-electron chi connectivity index (χ2n) is 6.03. The van der Waals surface area contributed by atoms with Gasteiger partial charge in [-0.25, -0.2) is 35.9 Å². The van der Waals surface area contributed by atoms with Gasteiger partial charge < -0.3 is 10.2 Å². The first-order valence-electron chi connectivity index (χ1n) is 7.15. The third-order valence-electron chi connectivity index (χ3n) is 4.09. The minimum Gasteiger partial charge on any atom is -0.478 e. The predicted molar refractivity (Wildman–Crippen MR) is 78.7 cm³/mol. The van der Waals surface area contributed by atoms with Crippen LogP contribution < -0.4 is 0 Å². The van der Waals surface area contributed by atoms with Gasteiger partial charge in [-0.3, -0.25) is 0 Å². The summed E-state index contributed by atoms with van der Waals surface area (Å²) in [6.45, 7) is 1.79. The van der Waals surface area contributed by atoms with Crippen LogP contribution in [0.4, 0.5) is 26.3 Å². The Kier molecular flexibility index (Phi) is 4.96. The van der Waals surface area contributed by atoms with Gasteiger partial charge in [0.05, 0.1) is 5.56 Å². The Balaban J connectivity index is 2.85. The molecule has 4 nitrogen and oxygen atoms in total. The van der Waals surface area contributed by atoms with E-state index in [-0.39, 0.29) is 0 Å². The van der Waals surface area contributed by atoms with Crippen LogP contribution in [0.3, 0.4) is 0 Å². The number of carboxylic acids is 2. The van der Waals surface area contributed by atoms with E-state index in [9.17, 15) is 35.9 Å². The van der Waals surface area contributed by atoms with Gasteiger partial charge in [0.1, 0.15) is 5.56 Å². The van der Waals surface area contributed by atoms with Crippen molar-refractivity contribution in [2.24, 2.45) is 0 Å². The van der Waals surface area contributed by atoms with Gasteiger partial charge in [-0.05, 0) is 6.07 Å². The molecule has 0 heterocycles. The van der Waals surface area contributed by atoms with E-state index < -0.39 is 74.5 Å². The lowest BCUT2D eigenvalue weighted by molar-refractivity contribution is 0.0675. The third kappa shape index (κ3) is 3.00. The van der Waals surface area contributed by atoms with Crippen LogP contribution in [-0.2, 0) is 5.41 Å². The maximum Gasteiger partial charge on any atom is 0.341 e. The molecule has 2 rings (SSSR count). The quantitative estimate of drug-likeness (QED) is 0.603. The van der Waals surface area contributed by atoms with Gasteiger partial charge in [0.25, 0.3) is 0 Å². The molecule has 144 valence electrons. The number of carboxylic acid groups (broad SMARTS) is 2. The number of hydrogen-bond donors (Lipinski definition) is 2. The van der Waals surface area contributed by atoms with E-state index in [1.54, 1.807) is 0 Å². The molecule has 10 heteroatoms. The fourth-order valence-corrected chi connectivity index (χ4v) is 2.70. The summed E-state index contributed by atoms with van der Waals surface area (Å²) < 4.78 is 84.8. The Morgan fingerprint density at radius 2 is 1.22 bits per heavy atom. The average molecular weight is 392 g/mol. The SMILES string of the molecule is CC(C)(c1ccc(C(=O)O)c(F)c1F)c1c(F)c(F)c(C(=O)O)c(F)c1F. The summed E-state index contributed by atoms with van der Waals surface area (Å²) >= 11 is 0. The molecule has 0 spiro atoms. The molecule has 0 amide bonds. The van der Waals surface area contributed by atoms with E-state index in [4.69, 9.17) is 10.2 Å². The summed E-state index contributed by atoms with van der Waals surface area (Å²) in [5.41, 5.74) is -7.37. The molecule has 27 heavy (non-hydrogen) atoms. The lowest BCUT2D eigenvalue weighted by Gasteiger charge is -2.28. The zero-order chi connectivity index (χ0) is 20.8. The van der Waals surface area contributed by atoms with Gasteiger partial charge in [-0.1, -0.05) is 19.9 Å². The molecule has 2 aromatic rings. The van der Waals surface area contributed by atoms with Crippen molar-refractivity contribution in [2.45, 2.75) is 19.3 Å². The fourth-order valence-electron chi connectivity index (χ4n) is 2.70. The van der Waals surface area contributed by atoms with Crippen molar-refractivity contribution < 1.29 is 46.1 Å². The highest BCUT2D eigenvalue weighted by atomic mass is 19.2. The van der Waals surface area contributed by atoms with Crippen LogP contribution in [0, 0.1) is 34.9 Å². The first-order valence-corrected chi connectivity index (χ1v) is 7.15. The first-order chi connectivity index (χ1) is 12.3. The van der Waals surface area contributed by atoms with E-state index in [1.807, 2.05) is 0 Å². The fraction of sp³-hybridized carbons (Fsp3) is 0.176. The standard InChI is InChI=1S/C17H10F6O4/c1-17(2,6-4-3-5(15(24)25)9(18)10(6)19)8-13(22)11(20)7(16(26)27)12(21)14(8)23/h3-4H,1-2H3,(H,24,25)(H,26,27). The number of rotatable bonds is 4. The molecule has 0 atom stereocenters. The molecule has 0 saturated heterocycles. The zero-order valence-electron chi connectivity index (χ0n) is 13.6. The highest BCUT2D eigenvalue weighted by Crippen LogP contribution is 2.39. The van der Waals surface area contributed by atoms with Crippen molar-refractivity contribution in [1.82, 2.24) is 0 Å². The zero-order valence-corrected chi connectivity index (χ0v) is 13.6. The number of benzene rings is 2. The molecule has 2 N–H and O–H groups in total. The molecule has 0 aliphatic carbocycles. The first kappa shape index (κ1) is 20.3. The highest BCUT2D eigenvalue weighted by molar-refractivity contribution is 5.89. The molecule has 0 saturated carbocycles. The van der Waals surface area contributed by atoms with Crippen molar-refractivity contribution >= 4 is 11.9 Å². The van der Waals surface area contributed by atoms with E-state index in [0.717, 1.165) is 13.8 Å². The summed E-state index contributed by atoms with van der Waals surface area (Å²) in [5.74, 6) is -16.3. The van der Waals surface area contributed by atoms with Crippen LogP contribution >= 0.6 is 0 Å². The van der Waals surface area contributed by atoms with Gasteiger partial charge in [-0.2, -0.15) is 0 Å². The van der Waals surface area contributed by atoms with Gasteiger partial charge in [0.2, 0.25) is 0 Å². The van der Waals surface area contributed by atoms with Crippen LogP contribution in [0.25, 0.3) is 0 Å². The third-order valence-corrected chi connectivity index (χ3v) is 4.09.